The fourth-order valence-electron chi connectivity index (χ4n) is 1.54. The molecule has 1 aromatic rings. The third kappa shape index (κ3) is 4.23. The third-order valence-electron chi connectivity index (χ3n) is 2.61. The van der Waals surface area contributed by atoms with Crippen molar-refractivity contribution < 1.29 is 4.74 Å². The van der Waals surface area contributed by atoms with Crippen LogP contribution in [0.5, 0.6) is 5.75 Å². The Balaban J connectivity index is 2.00. The first-order valence-corrected chi connectivity index (χ1v) is 6.51. The number of halogens is 2. The monoisotopic (exact) mass is 271 g/mol. The average molecular weight is 272 g/mol. The van der Waals surface area contributed by atoms with Gasteiger partial charge in [-0.05, 0) is 37.1 Å². The summed E-state index contributed by atoms with van der Waals surface area (Å²) < 4.78 is 5.62. The maximum absolute atomic E-state index is 5.99. The summed E-state index contributed by atoms with van der Waals surface area (Å²) in [6.45, 7) is 1.27. The molecule has 0 amide bonds. The highest BCUT2D eigenvalue weighted by Gasteiger charge is 2.20. The molecule has 92 valence electrons. The molecule has 1 aromatic carbocycles. The summed E-state index contributed by atoms with van der Waals surface area (Å²) in [6, 6.07) is 6.34. The predicted octanol–water partition coefficient (Wildman–Crippen LogP) is 3.72. The highest BCUT2D eigenvalue weighted by molar-refractivity contribution is 6.30. The van der Waals surface area contributed by atoms with E-state index in [1.165, 1.54) is 18.4 Å². The largest absolute Gasteiger partial charge is 0.489 e. The molecule has 0 aliphatic heterocycles. The Morgan fingerprint density at radius 2 is 2.24 bits per heavy atom. The predicted molar refractivity (Wildman–Crippen MR) is 71.8 cm³/mol. The molecular formula is C13H15Cl2NO. The van der Waals surface area contributed by atoms with Gasteiger partial charge >= 0.3 is 0 Å². The first-order valence-electron chi connectivity index (χ1n) is 5.69. The van der Waals surface area contributed by atoms with E-state index in [9.17, 15) is 0 Å². The van der Waals surface area contributed by atoms with E-state index in [0.29, 0.717) is 12.6 Å². The van der Waals surface area contributed by atoms with Crippen molar-refractivity contribution in [3.63, 3.8) is 0 Å². The molecular weight excluding hydrogens is 257 g/mol. The Morgan fingerprint density at radius 3 is 2.94 bits per heavy atom. The summed E-state index contributed by atoms with van der Waals surface area (Å²) >= 11 is 11.4. The van der Waals surface area contributed by atoms with Gasteiger partial charge in [-0.1, -0.05) is 23.2 Å². The van der Waals surface area contributed by atoms with Gasteiger partial charge < -0.3 is 10.1 Å². The molecule has 2 rings (SSSR count). The van der Waals surface area contributed by atoms with Gasteiger partial charge in [-0.25, -0.2) is 0 Å². The third-order valence-corrected chi connectivity index (χ3v) is 3.02. The molecule has 0 aromatic heterocycles. The summed E-state index contributed by atoms with van der Waals surface area (Å²) in [5, 5.41) is 4.18. The van der Waals surface area contributed by atoms with Crippen LogP contribution in [0.2, 0.25) is 5.02 Å². The van der Waals surface area contributed by atoms with Gasteiger partial charge in [0.1, 0.15) is 12.4 Å². The van der Waals surface area contributed by atoms with Crippen LogP contribution in [0.4, 0.5) is 0 Å². The summed E-state index contributed by atoms with van der Waals surface area (Å²) in [6.07, 6.45) is 4.30. The number of benzene rings is 1. The molecule has 0 saturated heterocycles. The molecule has 1 saturated carbocycles. The fourth-order valence-corrected chi connectivity index (χ4v) is 1.81. The van der Waals surface area contributed by atoms with Crippen molar-refractivity contribution in [3.8, 4) is 5.75 Å². The van der Waals surface area contributed by atoms with E-state index in [1.54, 1.807) is 6.08 Å². The molecule has 1 fully saturated rings. The zero-order valence-electron chi connectivity index (χ0n) is 9.46. The molecule has 17 heavy (non-hydrogen) atoms. The Labute approximate surface area is 112 Å². The number of ether oxygens (including phenoxy) is 1. The van der Waals surface area contributed by atoms with E-state index in [1.807, 2.05) is 18.2 Å². The van der Waals surface area contributed by atoms with Crippen molar-refractivity contribution >= 4 is 23.2 Å². The maximum Gasteiger partial charge on any atom is 0.124 e. The second-order valence-electron chi connectivity index (χ2n) is 4.08. The second-order valence-corrected chi connectivity index (χ2v) is 4.77. The van der Waals surface area contributed by atoms with Crippen LogP contribution in [0.1, 0.15) is 18.4 Å². The normalized spacial score (nSPS) is 15.4. The van der Waals surface area contributed by atoms with Gasteiger partial charge in [0.05, 0.1) is 0 Å². The van der Waals surface area contributed by atoms with E-state index >= 15 is 0 Å². The fraction of sp³-hybridized carbons (Fsp3) is 0.385. The van der Waals surface area contributed by atoms with Crippen LogP contribution < -0.4 is 10.1 Å². The number of hydrogen-bond donors (Lipinski definition) is 1. The molecule has 2 nitrogen and oxygen atoms in total. The summed E-state index contributed by atoms with van der Waals surface area (Å²) in [5.74, 6) is 0.859. The number of rotatable bonds is 6. The minimum absolute atomic E-state index is 0.474. The lowest BCUT2D eigenvalue weighted by Crippen LogP contribution is -2.16. The smallest absolute Gasteiger partial charge is 0.124 e. The van der Waals surface area contributed by atoms with Gasteiger partial charge in [-0.2, -0.15) is 0 Å². The standard InChI is InChI=1S/C13H15Cl2NO/c14-6-1-7-17-13-5-2-11(15)8-10(13)9-16-12-3-4-12/h1-2,5-6,8,12,16H,3-4,7,9H2/b6-1+. The van der Waals surface area contributed by atoms with E-state index in [2.05, 4.69) is 5.32 Å². The van der Waals surface area contributed by atoms with E-state index in [4.69, 9.17) is 27.9 Å². The molecule has 0 atom stereocenters. The van der Waals surface area contributed by atoms with Crippen molar-refractivity contribution in [2.45, 2.75) is 25.4 Å². The minimum atomic E-state index is 0.474. The van der Waals surface area contributed by atoms with Crippen LogP contribution in [0, 0.1) is 0 Å². The van der Waals surface area contributed by atoms with Crippen molar-refractivity contribution in [2.75, 3.05) is 6.61 Å². The molecule has 1 N–H and O–H groups in total. The molecule has 4 heteroatoms. The minimum Gasteiger partial charge on any atom is -0.489 e. The summed E-state index contributed by atoms with van der Waals surface area (Å²) in [4.78, 5) is 0. The molecule has 0 unspecified atom stereocenters. The van der Waals surface area contributed by atoms with Crippen LogP contribution >= 0.6 is 23.2 Å². The topological polar surface area (TPSA) is 21.3 Å². The lowest BCUT2D eigenvalue weighted by Gasteiger charge is -2.11. The van der Waals surface area contributed by atoms with E-state index in [-0.39, 0.29) is 0 Å². The molecule has 0 heterocycles. The average Bonchev–Trinajstić information content (AvgIpc) is 3.13. The quantitative estimate of drug-likeness (QED) is 0.852. The molecule has 1 aliphatic rings. The lowest BCUT2D eigenvalue weighted by atomic mass is 10.2. The second kappa shape index (κ2) is 6.29. The highest BCUT2D eigenvalue weighted by atomic mass is 35.5. The van der Waals surface area contributed by atoms with Crippen LogP contribution in [0.15, 0.2) is 29.8 Å². The van der Waals surface area contributed by atoms with Crippen LogP contribution in [-0.2, 0) is 6.54 Å². The van der Waals surface area contributed by atoms with Crippen molar-refractivity contribution in [2.24, 2.45) is 0 Å². The lowest BCUT2D eigenvalue weighted by molar-refractivity contribution is 0.357. The Hall–Kier alpha value is -0.700. The Morgan fingerprint density at radius 1 is 1.41 bits per heavy atom. The maximum atomic E-state index is 5.99. The molecule has 0 bridgehead atoms. The van der Waals surface area contributed by atoms with Gasteiger partial charge in [-0.3, -0.25) is 0 Å². The Kier molecular flexibility index (Phi) is 4.72. The summed E-state index contributed by atoms with van der Waals surface area (Å²) in [7, 11) is 0. The molecule has 0 radical (unpaired) electrons. The first-order chi connectivity index (χ1) is 8.29. The van der Waals surface area contributed by atoms with Crippen LogP contribution in [0.3, 0.4) is 0 Å². The van der Waals surface area contributed by atoms with Crippen molar-refractivity contribution in [3.05, 3.63) is 40.4 Å². The highest BCUT2D eigenvalue weighted by Crippen LogP contribution is 2.25. The van der Waals surface area contributed by atoms with E-state index < -0.39 is 0 Å². The SMILES string of the molecule is Cl/C=C/COc1ccc(Cl)cc1CNC1CC1. The van der Waals surface area contributed by atoms with Gasteiger partial charge in [0.25, 0.3) is 0 Å². The molecule has 0 spiro atoms. The Bertz CT molecular complexity index is 402. The van der Waals surface area contributed by atoms with Crippen LogP contribution in [0.25, 0.3) is 0 Å². The van der Waals surface area contributed by atoms with Gasteiger partial charge in [-0.15, -0.1) is 0 Å². The summed E-state index contributed by atoms with van der Waals surface area (Å²) in [5.41, 5.74) is 2.55. The van der Waals surface area contributed by atoms with Gasteiger partial charge in [0, 0.05) is 28.7 Å². The zero-order valence-corrected chi connectivity index (χ0v) is 11.0. The van der Waals surface area contributed by atoms with Crippen LogP contribution in [-0.4, -0.2) is 12.6 Å². The van der Waals surface area contributed by atoms with Crippen molar-refractivity contribution in [1.82, 2.24) is 5.32 Å². The number of nitrogens with one attached hydrogen (secondary N) is 1. The van der Waals surface area contributed by atoms with Gasteiger partial charge in [0.2, 0.25) is 0 Å². The molecule has 1 aliphatic carbocycles. The number of hydrogen-bond acceptors (Lipinski definition) is 2. The van der Waals surface area contributed by atoms with Crippen molar-refractivity contribution in [1.29, 1.82) is 0 Å². The van der Waals surface area contributed by atoms with E-state index in [0.717, 1.165) is 22.9 Å². The zero-order chi connectivity index (χ0) is 12.1. The first kappa shape index (κ1) is 12.7. The van der Waals surface area contributed by atoms with Gasteiger partial charge in [0.15, 0.2) is 0 Å².